The molecule has 16 aromatic rings. The molecule has 0 atom stereocenters. The Morgan fingerprint density at radius 3 is 0.966 bits per heavy atom. The molecule has 760 valence electrons. The van der Waals surface area contributed by atoms with Crippen molar-refractivity contribution in [2.75, 3.05) is 47.7 Å². The lowest BCUT2D eigenvalue weighted by molar-refractivity contribution is 0.249. The molecule has 0 spiro atoms. The van der Waals surface area contributed by atoms with E-state index in [1.54, 1.807) is 12.5 Å². The second-order valence-electron chi connectivity index (χ2n) is 38.9. The predicted octanol–water partition coefficient (Wildman–Crippen LogP) is 22.9. The number of hydrogen-bond acceptors (Lipinski definition) is 19. The van der Waals surface area contributed by atoms with Gasteiger partial charge in [-0.05, 0) is 284 Å². The molecule has 4 aliphatic rings. The molecule has 20 rings (SSSR count). The number of nitriles is 4. The van der Waals surface area contributed by atoms with Gasteiger partial charge in [-0.2, -0.15) is 31.4 Å². The van der Waals surface area contributed by atoms with Gasteiger partial charge in [0.1, 0.15) is 65.3 Å². The number of ether oxygens (including phenoxy) is 4. The van der Waals surface area contributed by atoms with Crippen molar-refractivity contribution in [2.24, 2.45) is 0 Å². The molecule has 8 aromatic carbocycles. The Bertz CT molecular complexity index is 6520. The zero-order valence-electron chi connectivity index (χ0n) is 84.6. The largest absolute Gasteiger partial charge is 0.494 e. The molecule has 8 amide bonds. The molecule has 8 aromatic heterocycles. The minimum absolute atomic E-state index is 0.0509. The first-order valence-corrected chi connectivity index (χ1v) is 51.2. The molecular weight excluding hydrogens is 1860 g/mol. The number of nitrogens with zero attached hydrogens (tertiary/aromatic N) is 15. The predicted molar refractivity (Wildman–Crippen MR) is 572 cm³/mol. The van der Waals surface area contributed by atoms with Crippen molar-refractivity contribution in [2.45, 2.75) is 232 Å². The maximum Gasteiger partial charge on any atom is 0.319 e. The minimum atomic E-state index is -0.242. The number of imidazole rings is 2. The van der Waals surface area contributed by atoms with Gasteiger partial charge in [0, 0.05) is 160 Å². The normalized spacial score (nSPS) is 13.4. The number of hydrogen-bond donors (Lipinski definition) is 12. The summed E-state index contributed by atoms with van der Waals surface area (Å²) in [5.41, 5.74) is 18.1. The lowest BCUT2D eigenvalue weighted by Gasteiger charge is -2.30. The number of anilines is 4. The zero-order chi connectivity index (χ0) is 103. The van der Waals surface area contributed by atoms with Gasteiger partial charge in [-0.1, -0.05) is 53.7 Å². The van der Waals surface area contributed by atoms with Crippen LogP contribution in [0.4, 0.5) is 41.9 Å². The SMILES string of the molecule is CC(C)NC(=O)Nc1ccc(-c2c(C#N)c3ccc(OCCCc4cnc[nH]4)cc3n2C2CCC2)cc1.CC(C)NC(=O)Nc1ccc(-c2c(C#N)c3ccc(OCCCc4ncc[nH]4)cc3n2C2CCC2)cc1.CC(C)NC(=O)Nc1ccc(-c2c(C#N)c3ccc(OCCCc4ncn[nH]4)cc3n2C2CCC2)cc1.CC(C)NC(=O)Nc1ccc(-c2c(C#N)c3ccc(OCCCc4nn[nH]n4)cc3n2C2CCC2)cc1. The van der Waals surface area contributed by atoms with Crippen molar-refractivity contribution in [3.63, 3.8) is 0 Å². The summed E-state index contributed by atoms with van der Waals surface area (Å²) < 4.78 is 33.5. The van der Waals surface area contributed by atoms with Crippen LogP contribution in [-0.2, 0) is 25.7 Å². The van der Waals surface area contributed by atoms with Crippen LogP contribution in [0.5, 0.6) is 23.0 Å². The molecular formula is C113H125N27O8. The number of aromatic amines is 4. The van der Waals surface area contributed by atoms with E-state index in [4.69, 9.17) is 18.9 Å². The number of benzene rings is 8. The second kappa shape index (κ2) is 48.5. The number of fused-ring (bicyclic) bond motifs is 4. The summed E-state index contributed by atoms with van der Waals surface area (Å²) in [6.07, 6.45) is 28.5. The van der Waals surface area contributed by atoms with Crippen LogP contribution < -0.4 is 61.5 Å². The maximum absolute atomic E-state index is 12.1. The van der Waals surface area contributed by atoms with Crippen LogP contribution in [-0.4, -0.2) is 149 Å². The summed E-state index contributed by atoms with van der Waals surface area (Å²) in [5, 5.41) is 87.9. The van der Waals surface area contributed by atoms with Crippen LogP contribution in [0.3, 0.4) is 0 Å². The molecule has 4 fully saturated rings. The lowest BCUT2D eigenvalue weighted by atomic mass is 9.92. The molecule has 0 aliphatic heterocycles. The van der Waals surface area contributed by atoms with Gasteiger partial charge >= 0.3 is 24.1 Å². The first kappa shape index (κ1) is 102. The zero-order valence-corrected chi connectivity index (χ0v) is 84.6. The Labute approximate surface area is 858 Å². The van der Waals surface area contributed by atoms with E-state index < -0.39 is 0 Å². The average Bonchev–Trinajstić information content (AvgIpc) is 1.60. The lowest BCUT2D eigenvalue weighted by Crippen LogP contribution is -2.34. The fourth-order valence-electron chi connectivity index (χ4n) is 19.0. The van der Waals surface area contributed by atoms with Crippen molar-refractivity contribution in [3.05, 3.63) is 247 Å². The van der Waals surface area contributed by atoms with Crippen LogP contribution in [0.1, 0.15) is 228 Å². The molecule has 35 heteroatoms. The first-order valence-electron chi connectivity index (χ1n) is 51.2. The van der Waals surface area contributed by atoms with Gasteiger partial charge in [0.2, 0.25) is 0 Å². The van der Waals surface area contributed by atoms with Gasteiger partial charge in [-0.15, -0.1) is 10.2 Å². The molecule has 0 unspecified atom stereocenters. The first-order chi connectivity index (χ1) is 72.1. The summed E-state index contributed by atoms with van der Waals surface area (Å²) >= 11 is 0. The Morgan fingerprint density at radius 1 is 0.392 bits per heavy atom. The number of tetrazole rings is 1. The smallest absolute Gasteiger partial charge is 0.319 e. The molecule has 0 radical (unpaired) electrons. The molecule has 4 saturated carbocycles. The van der Waals surface area contributed by atoms with Gasteiger partial charge in [-0.25, -0.2) is 34.1 Å². The summed E-state index contributed by atoms with van der Waals surface area (Å²) in [4.78, 5) is 67.0. The summed E-state index contributed by atoms with van der Waals surface area (Å²) in [5.74, 6) is 5.65. The highest BCUT2D eigenvalue weighted by molar-refractivity contribution is 6.01. The maximum atomic E-state index is 12.1. The van der Waals surface area contributed by atoms with E-state index in [2.05, 4.69) is 159 Å². The summed E-state index contributed by atoms with van der Waals surface area (Å²) in [6, 6.07) is 65.2. The average molecular weight is 1990 g/mol. The van der Waals surface area contributed by atoms with Crippen molar-refractivity contribution in [3.8, 4) is 92.3 Å². The Hall–Kier alpha value is -17.2. The standard InChI is InChI=1S/2C29H32N6O2.C28H31N7O2.C27H30N8O2/c1-19(2)33-29(36)34-21-10-8-20(9-11-21)28-26(16-30)25-13-12-24(15-27(25)35(28)23-6-3-7-23)37-14-4-5-22-17-31-18-32-22;1-19(2)33-29(36)34-21-10-8-20(9-11-21)28-25(18-30)24-13-12-23(17-26(24)35(28)22-5-3-6-22)37-16-4-7-27-31-14-15-32-27;1-18(2)32-28(36)33-20-10-8-19(9-11-20)27-24(16-29)23-13-12-22(15-25(23)35(27)21-5-3-6-21)37-14-4-7-26-30-17-31-34-26;1-17(2)29-27(36)30-19-10-8-18(9-11-19)26-23(16-28)22-13-12-21(15-24(22)35(26)20-5-3-6-20)37-14-4-7-25-31-33-34-32-25/h8-13,15,17-19,23H,3-7,14H2,1-2H3,(H,31,32)(H2,33,34,36);8-15,17,19,22H,3-7,16H2,1-2H3,(H,31,32)(H2,33,34,36);8-13,15,17-18,21H,3-7,14H2,1-2H3,(H,30,31,34)(H2,32,33,36);8-13,15,17,20H,3-7,14H2,1-2H3,(H2,29,30,36)(H,31,32,33,34). The number of carbonyl (C=O) groups is 4. The number of aryl methyl sites for hydroxylation is 4. The van der Waals surface area contributed by atoms with Crippen LogP contribution in [0.25, 0.3) is 88.6 Å². The van der Waals surface area contributed by atoms with E-state index in [1.165, 1.54) is 32.0 Å². The van der Waals surface area contributed by atoms with E-state index >= 15 is 0 Å². The van der Waals surface area contributed by atoms with Gasteiger partial charge in [-0.3, -0.25) is 5.10 Å². The van der Waals surface area contributed by atoms with Crippen LogP contribution in [0.2, 0.25) is 0 Å². The van der Waals surface area contributed by atoms with Crippen LogP contribution in [0.15, 0.2) is 201 Å². The van der Waals surface area contributed by atoms with E-state index in [0.29, 0.717) is 108 Å². The molecule has 148 heavy (non-hydrogen) atoms. The third-order valence-corrected chi connectivity index (χ3v) is 26.7. The number of aromatic nitrogens is 15. The topological polar surface area (TPSA) is 470 Å². The third-order valence-electron chi connectivity index (χ3n) is 26.7. The third kappa shape index (κ3) is 24.9. The Kier molecular flexibility index (Phi) is 33.5. The van der Waals surface area contributed by atoms with Crippen molar-refractivity contribution < 1.29 is 38.1 Å². The van der Waals surface area contributed by atoms with E-state index in [1.807, 2.05) is 219 Å². The van der Waals surface area contributed by atoms with Gasteiger partial charge in [0.05, 0.1) is 99.9 Å². The highest BCUT2D eigenvalue weighted by Crippen LogP contribution is 2.49. The van der Waals surface area contributed by atoms with Gasteiger partial charge < -0.3 is 89.7 Å². The fourth-order valence-corrected chi connectivity index (χ4v) is 19.0. The highest BCUT2D eigenvalue weighted by atomic mass is 16.5. The van der Waals surface area contributed by atoms with Crippen molar-refractivity contribution in [1.82, 2.24) is 95.3 Å². The number of rotatable bonds is 36. The van der Waals surface area contributed by atoms with Crippen LogP contribution >= 0.6 is 0 Å². The van der Waals surface area contributed by atoms with E-state index in [9.17, 15) is 40.2 Å². The molecule has 0 bridgehead atoms. The molecule has 12 N–H and O–H groups in total. The molecule has 35 nitrogen and oxygen atoms in total. The number of amides is 8. The van der Waals surface area contributed by atoms with Crippen molar-refractivity contribution >= 4 is 90.5 Å². The number of carbonyl (C=O) groups excluding carboxylic acids is 4. The molecule has 4 aliphatic carbocycles. The second-order valence-corrected chi connectivity index (χ2v) is 38.9. The monoisotopic (exact) mass is 1990 g/mol. The number of nitrogens with one attached hydrogen (secondary N) is 12. The molecule has 0 saturated heterocycles. The summed E-state index contributed by atoms with van der Waals surface area (Å²) in [6.45, 7) is 17.6. The number of urea groups is 4. The van der Waals surface area contributed by atoms with Gasteiger partial charge in [0.25, 0.3) is 0 Å². The summed E-state index contributed by atoms with van der Waals surface area (Å²) in [7, 11) is 0. The number of H-pyrrole nitrogens is 4. The molecule has 8 heterocycles. The van der Waals surface area contributed by atoms with E-state index in [0.717, 1.165) is 225 Å². The van der Waals surface area contributed by atoms with Gasteiger partial charge in [0.15, 0.2) is 5.82 Å². The fraction of sp³-hybridized carbons (Fsp3) is 0.354. The Morgan fingerprint density at radius 2 is 0.709 bits per heavy atom. The highest BCUT2D eigenvalue weighted by Gasteiger charge is 2.34. The minimum Gasteiger partial charge on any atom is -0.494 e. The van der Waals surface area contributed by atoms with Crippen LogP contribution in [0, 0.1) is 45.3 Å². The van der Waals surface area contributed by atoms with Crippen molar-refractivity contribution in [1.29, 1.82) is 21.0 Å². The van der Waals surface area contributed by atoms with E-state index in [-0.39, 0.29) is 48.3 Å². The quantitative estimate of drug-likeness (QED) is 0.0162. The Balaban J connectivity index is 0.000000135.